The number of aliphatic hydroxyl groups excluding tert-OH is 1. The average molecular weight is 158 g/mol. The predicted octanol–water partition coefficient (Wildman–Crippen LogP) is -1.30. The van der Waals surface area contributed by atoms with E-state index in [4.69, 9.17) is 0 Å². The maximum atomic E-state index is 10.9. The molecule has 0 aromatic heterocycles. The number of β-amino-alcohol motifs (C(OH)–C–C–N with tert-alkyl or cyclic N) is 1. The van der Waals surface area contributed by atoms with Gasteiger partial charge in [0.2, 0.25) is 5.91 Å². The molecule has 1 aliphatic rings. The van der Waals surface area contributed by atoms with Crippen LogP contribution in [0.2, 0.25) is 0 Å². The van der Waals surface area contributed by atoms with Gasteiger partial charge in [0.05, 0.1) is 6.10 Å². The number of aliphatic hydroxyl groups is 1. The average Bonchev–Trinajstić information content (AvgIpc) is 2.37. The molecule has 1 amide bonds. The third-order valence-electron chi connectivity index (χ3n) is 2.03. The highest BCUT2D eigenvalue weighted by Gasteiger charge is 2.26. The standard InChI is InChI=1S/C7H14N2O2/c1-8-7(11)2-5-3-9-4-6(5)10/h5-6,9-10H,2-4H2,1H3,(H,8,11)/t5-,6-/m0/s1. The summed E-state index contributed by atoms with van der Waals surface area (Å²) in [6, 6.07) is 0. The van der Waals surface area contributed by atoms with Crippen LogP contribution in [-0.4, -0.2) is 37.3 Å². The number of hydrogen-bond acceptors (Lipinski definition) is 3. The summed E-state index contributed by atoms with van der Waals surface area (Å²) in [5.74, 6) is 0.0905. The smallest absolute Gasteiger partial charge is 0.220 e. The molecule has 0 aromatic rings. The Bertz CT molecular complexity index is 149. The van der Waals surface area contributed by atoms with Gasteiger partial charge in [0, 0.05) is 32.5 Å². The molecule has 0 aromatic carbocycles. The zero-order chi connectivity index (χ0) is 8.27. The molecule has 0 unspecified atom stereocenters. The van der Waals surface area contributed by atoms with Crippen LogP contribution in [0.1, 0.15) is 6.42 Å². The lowest BCUT2D eigenvalue weighted by Crippen LogP contribution is -2.26. The Hall–Kier alpha value is -0.610. The molecule has 11 heavy (non-hydrogen) atoms. The number of rotatable bonds is 2. The van der Waals surface area contributed by atoms with Crippen LogP contribution >= 0.6 is 0 Å². The van der Waals surface area contributed by atoms with Gasteiger partial charge in [-0.3, -0.25) is 4.79 Å². The fraction of sp³-hybridized carbons (Fsp3) is 0.857. The number of carbonyl (C=O) groups excluding carboxylic acids is 1. The summed E-state index contributed by atoms with van der Waals surface area (Å²) in [6.07, 6.45) is 0.0669. The minimum Gasteiger partial charge on any atom is -0.391 e. The van der Waals surface area contributed by atoms with Crippen LogP contribution in [0.5, 0.6) is 0 Å². The van der Waals surface area contributed by atoms with Crippen molar-refractivity contribution in [2.75, 3.05) is 20.1 Å². The quantitative estimate of drug-likeness (QED) is 0.468. The van der Waals surface area contributed by atoms with E-state index < -0.39 is 0 Å². The molecule has 1 saturated heterocycles. The van der Waals surface area contributed by atoms with Gasteiger partial charge in [0.15, 0.2) is 0 Å². The van der Waals surface area contributed by atoms with Crippen LogP contribution in [0.4, 0.5) is 0 Å². The van der Waals surface area contributed by atoms with Crippen LogP contribution in [0, 0.1) is 5.92 Å². The van der Waals surface area contributed by atoms with Gasteiger partial charge in [-0.25, -0.2) is 0 Å². The monoisotopic (exact) mass is 158 g/mol. The third kappa shape index (κ3) is 2.17. The second-order valence-electron chi connectivity index (χ2n) is 2.86. The molecule has 4 nitrogen and oxygen atoms in total. The molecule has 0 aliphatic carbocycles. The van der Waals surface area contributed by atoms with Gasteiger partial charge in [0.25, 0.3) is 0 Å². The lowest BCUT2D eigenvalue weighted by Gasteiger charge is -2.10. The van der Waals surface area contributed by atoms with Gasteiger partial charge >= 0.3 is 0 Å². The topological polar surface area (TPSA) is 61.4 Å². The summed E-state index contributed by atoms with van der Waals surface area (Å²) in [5.41, 5.74) is 0. The summed E-state index contributed by atoms with van der Waals surface area (Å²) in [7, 11) is 1.61. The molecular formula is C7H14N2O2. The first kappa shape index (κ1) is 8.49. The lowest BCUT2D eigenvalue weighted by molar-refractivity contribution is -0.122. The maximum absolute atomic E-state index is 10.9. The highest BCUT2D eigenvalue weighted by atomic mass is 16.3. The first-order valence-electron chi connectivity index (χ1n) is 3.83. The Morgan fingerprint density at radius 3 is 2.91 bits per heavy atom. The van der Waals surface area contributed by atoms with E-state index in [9.17, 15) is 9.90 Å². The number of carbonyl (C=O) groups is 1. The van der Waals surface area contributed by atoms with Crippen molar-refractivity contribution in [3.63, 3.8) is 0 Å². The molecule has 64 valence electrons. The van der Waals surface area contributed by atoms with Gasteiger partial charge in [-0.1, -0.05) is 0 Å². The Balaban J connectivity index is 2.30. The summed E-state index contributed by atoms with van der Waals surface area (Å²) >= 11 is 0. The van der Waals surface area contributed by atoms with Gasteiger partial charge < -0.3 is 15.7 Å². The molecule has 1 heterocycles. The largest absolute Gasteiger partial charge is 0.391 e. The second-order valence-corrected chi connectivity index (χ2v) is 2.86. The second kappa shape index (κ2) is 3.69. The molecule has 1 aliphatic heterocycles. The van der Waals surface area contributed by atoms with E-state index in [1.807, 2.05) is 0 Å². The molecule has 3 N–H and O–H groups in total. The summed E-state index contributed by atoms with van der Waals surface area (Å²) < 4.78 is 0. The van der Waals surface area contributed by atoms with Crippen LogP contribution in [0.25, 0.3) is 0 Å². The molecule has 4 heteroatoms. The van der Waals surface area contributed by atoms with E-state index >= 15 is 0 Å². The fourth-order valence-corrected chi connectivity index (χ4v) is 1.27. The molecule has 1 rings (SSSR count). The van der Waals surface area contributed by atoms with Crippen LogP contribution in [0.15, 0.2) is 0 Å². The SMILES string of the molecule is CNC(=O)C[C@H]1CNC[C@@H]1O. The van der Waals surface area contributed by atoms with E-state index in [-0.39, 0.29) is 17.9 Å². The molecule has 0 spiro atoms. The molecular weight excluding hydrogens is 144 g/mol. The normalized spacial score (nSPS) is 30.4. The highest BCUT2D eigenvalue weighted by Crippen LogP contribution is 2.12. The molecule has 0 bridgehead atoms. The Labute approximate surface area is 66.0 Å². The fourth-order valence-electron chi connectivity index (χ4n) is 1.27. The van der Waals surface area contributed by atoms with Crippen molar-refractivity contribution in [2.45, 2.75) is 12.5 Å². The van der Waals surface area contributed by atoms with Crippen molar-refractivity contribution in [3.8, 4) is 0 Å². The minimum atomic E-state index is -0.354. The van der Waals surface area contributed by atoms with E-state index in [0.29, 0.717) is 13.0 Å². The highest BCUT2D eigenvalue weighted by molar-refractivity contribution is 5.75. The third-order valence-corrected chi connectivity index (χ3v) is 2.03. The van der Waals surface area contributed by atoms with Crippen molar-refractivity contribution in [1.29, 1.82) is 0 Å². The predicted molar refractivity (Wildman–Crippen MR) is 41.1 cm³/mol. The van der Waals surface area contributed by atoms with E-state index in [0.717, 1.165) is 6.54 Å². The van der Waals surface area contributed by atoms with E-state index in [2.05, 4.69) is 10.6 Å². The van der Waals surface area contributed by atoms with Crippen LogP contribution in [-0.2, 0) is 4.79 Å². The van der Waals surface area contributed by atoms with E-state index in [1.54, 1.807) is 7.05 Å². The van der Waals surface area contributed by atoms with Crippen molar-refractivity contribution < 1.29 is 9.90 Å². The Kier molecular flexibility index (Phi) is 2.84. The zero-order valence-corrected chi connectivity index (χ0v) is 6.63. The summed E-state index contributed by atoms with van der Waals surface area (Å²) in [6.45, 7) is 1.36. The number of nitrogens with one attached hydrogen (secondary N) is 2. The molecule has 2 atom stereocenters. The zero-order valence-electron chi connectivity index (χ0n) is 6.63. The first-order chi connectivity index (χ1) is 5.24. The molecule has 0 saturated carbocycles. The van der Waals surface area contributed by atoms with Crippen molar-refractivity contribution in [3.05, 3.63) is 0 Å². The van der Waals surface area contributed by atoms with Crippen LogP contribution < -0.4 is 10.6 Å². The van der Waals surface area contributed by atoms with Crippen molar-refractivity contribution in [2.24, 2.45) is 5.92 Å². The Morgan fingerprint density at radius 1 is 1.73 bits per heavy atom. The van der Waals surface area contributed by atoms with Gasteiger partial charge in [0.1, 0.15) is 0 Å². The molecule has 0 radical (unpaired) electrons. The van der Waals surface area contributed by atoms with E-state index in [1.165, 1.54) is 0 Å². The van der Waals surface area contributed by atoms with Gasteiger partial charge in [-0.2, -0.15) is 0 Å². The van der Waals surface area contributed by atoms with Crippen LogP contribution in [0.3, 0.4) is 0 Å². The van der Waals surface area contributed by atoms with Crippen molar-refractivity contribution >= 4 is 5.91 Å². The number of amides is 1. The van der Waals surface area contributed by atoms with Crippen molar-refractivity contribution in [1.82, 2.24) is 10.6 Å². The Morgan fingerprint density at radius 2 is 2.45 bits per heavy atom. The minimum absolute atomic E-state index is 0.00208. The lowest BCUT2D eigenvalue weighted by atomic mass is 10.0. The maximum Gasteiger partial charge on any atom is 0.220 e. The van der Waals surface area contributed by atoms with Gasteiger partial charge in [-0.15, -0.1) is 0 Å². The molecule has 1 fully saturated rings. The number of hydrogen-bond donors (Lipinski definition) is 3. The summed E-state index contributed by atoms with van der Waals surface area (Å²) in [5, 5.41) is 14.8. The summed E-state index contributed by atoms with van der Waals surface area (Å²) in [4.78, 5) is 10.9. The van der Waals surface area contributed by atoms with Gasteiger partial charge in [-0.05, 0) is 0 Å². The first-order valence-corrected chi connectivity index (χ1v) is 3.83.